The second kappa shape index (κ2) is 7.17. The second-order valence-corrected chi connectivity index (χ2v) is 5.68. The van der Waals surface area contributed by atoms with Crippen LogP contribution in [0.3, 0.4) is 0 Å². The Hall–Kier alpha value is -1.72. The van der Waals surface area contributed by atoms with Gasteiger partial charge in [0.15, 0.2) is 0 Å². The maximum atomic E-state index is 11.8. The molecule has 5 heteroatoms. The molecule has 0 aliphatic rings. The van der Waals surface area contributed by atoms with Gasteiger partial charge >= 0.3 is 0 Å². The Balaban J connectivity index is 1.81. The molecule has 1 amide bonds. The minimum absolute atomic E-state index is 0.0460. The van der Waals surface area contributed by atoms with Gasteiger partial charge < -0.3 is 5.32 Å². The first-order chi connectivity index (χ1) is 9.69. The van der Waals surface area contributed by atoms with Crippen molar-refractivity contribution in [3.05, 3.63) is 46.4 Å². The molecule has 1 unspecified atom stereocenters. The molecule has 0 saturated carbocycles. The van der Waals surface area contributed by atoms with Gasteiger partial charge in [-0.3, -0.25) is 10.1 Å². The van der Waals surface area contributed by atoms with Crippen molar-refractivity contribution in [1.82, 2.24) is 10.3 Å². The number of para-hydroxylation sites is 1. The van der Waals surface area contributed by atoms with Crippen LogP contribution in [0.2, 0.25) is 0 Å². The van der Waals surface area contributed by atoms with Crippen LogP contribution in [0.25, 0.3) is 0 Å². The van der Waals surface area contributed by atoms with Gasteiger partial charge in [0.05, 0.1) is 12.6 Å². The van der Waals surface area contributed by atoms with E-state index in [0.29, 0.717) is 0 Å². The highest BCUT2D eigenvalue weighted by atomic mass is 32.1. The Morgan fingerprint density at radius 2 is 2.10 bits per heavy atom. The first-order valence-electron chi connectivity index (χ1n) is 6.72. The fraction of sp³-hybridized carbons (Fsp3) is 0.333. The van der Waals surface area contributed by atoms with Crippen molar-refractivity contribution in [3.63, 3.8) is 0 Å². The Morgan fingerprint density at radius 3 is 2.75 bits per heavy atom. The molecule has 1 aromatic heterocycles. The summed E-state index contributed by atoms with van der Waals surface area (Å²) < 4.78 is 0. The molecule has 2 N–H and O–H groups in total. The molecule has 1 heterocycles. The Labute approximate surface area is 123 Å². The minimum Gasteiger partial charge on any atom is -0.325 e. The fourth-order valence-electron chi connectivity index (χ4n) is 1.75. The van der Waals surface area contributed by atoms with Gasteiger partial charge in [0, 0.05) is 16.8 Å². The molecular formula is C15H19N3OS. The van der Waals surface area contributed by atoms with Crippen molar-refractivity contribution < 1.29 is 4.79 Å². The number of hydrogen-bond acceptors (Lipinski definition) is 4. The van der Waals surface area contributed by atoms with Gasteiger partial charge in [-0.25, -0.2) is 4.98 Å². The van der Waals surface area contributed by atoms with Gasteiger partial charge in [0.2, 0.25) is 5.91 Å². The molecule has 0 spiro atoms. The maximum Gasteiger partial charge on any atom is 0.238 e. The lowest BCUT2D eigenvalue weighted by Gasteiger charge is -2.11. The molecule has 4 nitrogen and oxygen atoms in total. The number of nitrogens with zero attached hydrogens (tertiary/aromatic N) is 1. The maximum absolute atomic E-state index is 11.8. The van der Waals surface area contributed by atoms with Crippen molar-refractivity contribution in [1.29, 1.82) is 0 Å². The third-order valence-electron chi connectivity index (χ3n) is 2.92. The molecule has 2 rings (SSSR count). The summed E-state index contributed by atoms with van der Waals surface area (Å²) in [6.07, 6.45) is 2.90. The monoisotopic (exact) mass is 289 g/mol. The summed E-state index contributed by atoms with van der Waals surface area (Å²) in [6, 6.07) is 9.54. The van der Waals surface area contributed by atoms with Crippen LogP contribution in [0.4, 0.5) is 5.69 Å². The zero-order valence-electron chi connectivity index (χ0n) is 11.7. The summed E-state index contributed by atoms with van der Waals surface area (Å²) in [5.41, 5.74) is 0.814. The largest absolute Gasteiger partial charge is 0.325 e. The molecule has 1 aromatic carbocycles. The number of nitrogens with one attached hydrogen (secondary N) is 2. The van der Waals surface area contributed by atoms with Crippen LogP contribution < -0.4 is 10.6 Å². The molecule has 0 bridgehead atoms. The zero-order chi connectivity index (χ0) is 14.4. The van der Waals surface area contributed by atoms with Crippen LogP contribution in [-0.4, -0.2) is 17.4 Å². The van der Waals surface area contributed by atoms with Gasteiger partial charge in [0.1, 0.15) is 5.01 Å². The van der Waals surface area contributed by atoms with Gasteiger partial charge in [-0.2, -0.15) is 0 Å². The molecule has 2 aromatic rings. The average molecular weight is 289 g/mol. The lowest BCUT2D eigenvalue weighted by atomic mass is 10.3. The molecule has 20 heavy (non-hydrogen) atoms. The van der Waals surface area contributed by atoms with Gasteiger partial charge in [-0.15, -0.1) is 11.3 Å². The van der Waals surface area contributed by atoms with Crippen molar-refractivity contribution >= 4 is 22.9 Å². The number of benzene rings is 1. The van der Waals surface area contributed by atoms with Crippen LogP contribution in [-0.2, 0) is 11.2 Å². The number of carbonyl (C=O) groups excluding carboxylic acids is 1. The third kappa shape index (κ3) is 4.15. The fourth-order valence-corrected chi connectivity index (χ4v) is 2.63. The Bertz CT molecular complexity index is 553. The normalized spacial score (nSPS) is 12.1. The summed E-state index contributed by atoms with van der Waals surface area (Å²) >= 11 is 1.69. The van der Waals surface area contributed by atoms with Crippen LogP contribution in [0.15, 0.2) is 36.5 Å². The third-order valence-corrected chi connectivity index (χ3v) is 4.24. The molecule has 0 fully saturated rings. The highest BCUT2D eigenvalue weighted by molar-refractivity contribution is 7.11. The molecule has 0 aliphatic carbocycles. The van der Waals surface area contributed by atoms with E-state index in [1.165, 1.54) is 4.88 Å². The standard InChI is InChI=1S/C15H19N3OS/c1-3-13-9-17-15(20-13)11(2)16-10-14(19)18-12-7-5-4-6-8-12/h4-9,11,16H,3,10H2,1-2H3,(H,18,19). The van der Waals surface area contributed by atoms with E-state index >= 15 is 0 Å². The average Bonchev–Trinajstić information content (AvgIpc) is 2.95. The van der Waals surface area contributed by atoms with Crippen molar-refractivity contribution in [2.24, 2.45) is 0 Å². The van der Waals surface area contributed by atoms with E-state index in [1.54, 1.807) is 11.3 Å². The summed E-state index contributed by atoms with van der Waals surface area (Å²) in [5, 5.41) is 7.06. The number of hydrogen-bond donors (Lipinski definition) is 2. The number of thiazole rings is 1. The summed E-state index contributed by atoms with van der Waals surface area (Å²) in [4.78, 5) is 17.5. The molecular weight excluding hydrogens is 270 g/mol. The van der Waals surface area contributed by atoms with Gasteiger partial charge in [-0.1, -0.05) is 25.1 Å². The first-order valence-corrected chi connectivity index (χ1v) is 7.53. The molecule has 0 saturated heterocycles. The lowest BCUT2D eigenvalue weighted by Crippen LogP contribution is -2.30. The number of carbonyl (C=O) groups is 1. The van der Waals surface area contributed by atoms with Crippen molar-refractivity contribution in [2.45, 2.75) is 26.3 Å². The smallest absolute Gasteiger partial charge is 0.238 e. The molecule has 106 valence electrons. The number of aromatic nitrogens is 1. The van der Waals surface area contributed by atoms with Crippen LogP contribution in [0.1, 0.15) is 29.8 Å². The van der Waals surface area contributed by atoms with E-state index < -0.39 is 0 Å². The number of rotatable bonds is 6. The highest BCUT2D eigenvalue weighted by Crippen LogP contribution is 2.19. The van der Waals surface area contributed by atoms with E-state index in [0.717, 1.165) is 17.1 Å². The quantitative estimate of drug-likeness (QED) is 0.859. The predicted octanol–water partition coefficient (Wildman–Crippen LogP) is 2.99. The van der Waals surface area contributed by atoms with E-state index in [9.17, 15) is 4.79 Å². The van der Waals surface area contributed by atoms with Crippen LogP contribution in [0, 0.1) is 0 Å². The van der Waals surface area contributed by atoms with Gasteiger partial charge in [-0.05, 0) is 25.5 Å². The Kier molecular flexibility index (Phi) is 5.26. The van der Waals surface area contributed by atoms with Crippen molar-refractivity contribution in [3.8, 4) is 0 Å². The number of amides is 1. The van der Waals surface area contributed by atoms with E-state index in [1.807, 2.05) is 43.5 Å². The zero-order valence-corrected chi connectivity index (χ0v) is 12.5. The van der Waals surface area contributed by atoms with Gasteiger partial charge in [0.25, 0.3) is 0 Å². The number of aryl methyl sites for hydroxylation is 1. The minimum atomic E-state index is -0.0460. The SMILES string of the molecule is CCc1cnc(C(C)NCC(=O)Nc2ccccc2)s1. The summed E-state index contributed by atoms with van der Waals surface area (Å²) in [7, 11) is 0. The Morgan fingerprint density at radius 1 is 1.35 bits per heavy atom. The first kappa shape index (κ1) is 14.7. The van der Waals surface area contributed by atoms with Crippen molar-refractivity contribution in [2.75, 3.05) is 11.9 Å². The summed E-state index contributed by atoms with van der Waals surface area (Å²) in [5.74, 6) is -0.0460. The van der Waals surface area contributed by atoms with E-state index in [-0.39, 0.29) is 18.5 Å². The lowest BCUT2D eigenvalue weighted by molar-refractivity contribution is -0.115. The number of anilines is 1. The second-order valence-electron chi connectivity index (χ2n) is 4.54. The predicted molar refractivity (Wildman–Crippen MR) is 83.0 cm³/mol. The molecule has 0 aliphatic heterocycles. The van der Waals surface area contributed by atoms with E-state index in [2.05, 4.69) is 22.5 Å². The van der Waals surface area contributed by atoms with E-state index in [4.69, 9.17) is 0 Å². The van der Waals surface area contributed by atoms with Crippen LogP contribution >= 0.6 is 11.3 Å². The topological polar surface area (TPSA) is 54.0 Å². The summed E-state index contributed by atoms with van der Waals surface area (Å²) in [6.45, 7) is 4.41. The highest BCUT2D eigenvalue weighted by Gasteiger charge is 2.11. The molecule has 1 atom stereocenters. The molecule has 0 radical (unpaired) electrons. The van der Waals surface area contributed by atoms with Crippen LogP contribution in [0.5, 0.6) is 0 Å².